The summed E-state index contributed by atoms with van der Waals surface area (Å²) < 4.78 is 111. The van der Waals surface area contributed by atoms with E-state index in [1.807, 2.05) is 0 Å². The monoisotopic (exact) mass is 384 g/mol. The van der Waals surface area contributed by atoms with E-state index in [0.717, 1.165) is 12.1 Å². The molecule has 134 valence electrons. The first-order valence-corrected chi connectivity index (χ1v) is 7.80. The summed E-state index contributed by atoms with van der Waals surface area (Å²) >= 11 is -3.36. The second-order valence-electron chi connectivity index (χ2n) is 5.10. The van der Waals surface area contributed by atoms with Crippen LogP contribution in [-0.2, 0) is 11.2 Å². The first-order chi connectivity index (χ1) is 11.6. The van der Waals surface area contributed by atoms with Crippen LogP contribution in [0.3, 0.4) is 0 Å². The van der Waals surface area contributed by atoms with Crippen molar-refractivity contribution < 1.29 is 40.0 Å². The van der Waals surface area contributed by atoms with Crippen LogP contribution in [-0.4, -0.2) is 9.81 Å². The summed E-state index contributed by atoms with van der Waals surface area (Å²) in [6, 6.07) is 3.35. The van der Waals surface area contributed by atoms with Crippen LogP contribution in [0.15, 0.2) is 35.2 Å². The third-order valence-corrected chi connectivity index (χ3v) is 5.00. The van der Waals surface area contributed by atoms with Gasteiger partial charge in [-0.25, -0.2) is 22.0 Å². The Labute approximate surface area is 139 Å². The summed E-state index contributed by atoms with van der Waals surface area (Å²) in [5.41, 5.74) is -2.04. The van der Waals surface area contributed by atoms with E-state index in [1.165, 1.54) is 0 Å². The normalized spacial score (nSPS) is 21.5. The molecule has 1 aliphatic rings. The molecule has 2 aromatic rings. The summed E-state index contributed by atoms with van der Waals surface area (Å²) in [6.45, 7) is 0. The molecule has 0 N–H and O–H groups in total. The zero-order valence-electron chi connectivity index (χ0n) is 11.9. The SMILES string of the molecule is [O-][S+]1c2c(ccc(Oc3cc(F)cc(F)c3)c2C(F)F)C(F)C1(F)F. The maximum atomic E-state index is 13.7. The maximum Gasteiger partial charge on any atom is 0.447 e. The highest BCUT2D eigenvalue weighted by atomic mass is 32.2. The standard InChI is InChI=1S/C15H7F7O2S/c16-6-3-7(17)5-8(4-6)24-10-2-1-9-12(11(10)14(19)20)25(23)15(21,22)13(9)18/h1-5,13-14H. The molecule has 0 spiro atoms. The molecule has 1 heterocycles. The van der Waals surface area contributed by atoms with Gasteiger partial charge in [-0.2, -0.15) is 8.78 Å². The van der Waals surface area contributed by atoms with Gasteiger partial charge in [-0.15, -0.1) is 0 Å². The highest BCUT2D eigenvalue weighted by Gasteiger charge is 2.63. The Bertz CT molecular complexity index is 808. The lowest BCUT2D eigenvalue weighted by atomic mass is 10.1. The highest BCUT2D eigenvalue weighted by molar-refractivity contribution is 7.93. The molecule has 10 heteroatoms. The molecule has 0 aromatic heterocycles. The van der Waals surface area contributed by atoms with Gasteiger partial charge in [0.2, 0.25) is 6.17 Å². The lowest BCUT2D eigenvalue weighted by Crippen LogP contribution is -2.27. The summed E-state index contributed by atoms with van der Waals surface area (Å²) in [7, 11) is 0. The third-order valence-electron chi connectivity index (χ3n) is 3.47. The minimum Gasteiger partial charge on any atom is -0.607 e. The van der Waals surface area contributed by atoms with Crippen molar-refractivity contribution in [3.63, 3.8) is 0 Å². The molecule has 0 bridgehead atoms. The Kier molecular flexibility index (Phi) is 4.36. The zero-order chi connectivity index (χ0) is 18.5. The predicted molar refractivity (Wildman–Crippen MR) is 73.0 cm³/mol. The van der Waals surface area contributed by atoms with E-state index in [-0.39, 0.29) is 0 Å². The summed E-state index contributed by atoms with van der Waals surface area (Å²) in [5, 5.41) is -4.37. The number of hydrogen-bond donors (Lipinski definition) is 0. The van der Waals surface area contributed by atoms with Gasteiger partial charge in [0.25, 0.3) is 6.43 Å². The van der Waals surface area contributed by atoms with Crippen molar-refractivity contribution in [1.82, 2.24) is 0 Å². The molecule has 0 amide bonds. The molecule has 1 aliphatic heterocycles. The lowest BCUT2D eigenvalue weighted by molar-refractivity contribution is 0.0102. The van der Waals surface area contributed by atoms with Crippen molar-refractivity contribution >= 4 is 11.2 Å². The fourth-order valence-electron chi connectivity index (χ4n) is 2.43. The van der Waals surface area contributed by atoms with Crippen LogP contribution in [0.4, 0.5) is 30.7 Å². The van der Waals surface area contributed by atoms with Crippen molar-refractivity contribution in [1.29, 1.82) is 0 Å². The molecule has 0 fully saturated rings. The molecule has 0 aliphatic carbocycles. The van der Waals surface area contributed by atoms with Gasteiger partial charge in [0.15, 0.2) is 4.90 Å². The van der Waals surface area contributed by atoms with Crippen LogP contribution >= 0.6 is 0 Å². The van der Waals surface area contributed by atoms with E-state index < -0.39 is 68.2 Å². The number of ether oxygens (including phenoxy) is 1. The van der Waals surface area contributed by atoms with Gasteiger partial charge in [-0.1, -0.05) is 0 Å². The Balaban J connectivity index is 2.12. The highest BCUT2D eigenvalue weighted by Crippen LogP contribution is 2.55. The van der Waals surface area contributed by atoms with Gasteiger partial charge in [0.05, 0.1) is 16.7 Å². The first-order valence-electron chi connectivity index (χ1n) is 6.65. The average Bonchev–Trinajstić information content (AvgIpc) is 2.67. The second-order valence-corrected chi connectivity index (χ2v) is 6.59. The van der Waals surface area contributed by atoms with E-state index in [9.17, 15) is 35.3 Å². The quantitative estimate of drug-likeness (QED) is 0.523. The molecule has 3 rings (SSSR count). The molecule has 25 heavy (non-hydrogen) atoms. The van der Waals surface area contributed by atoms with Gasteiger partial charge >= 0.3 is 5.25 Å². The minimum absolute atomic E-state index is 0.507. The number of benzene rings is 2. The topological polar surface area (TPSA) is 32.3 Å². The van der Waals surface area contributed by atoms with E-state index in [2.05, 4.69) is 0 Å². The van der Waals surface area contributed by atoms with Crippen molar-refractivity contribution in [3.05, 3.63) is 53.1 Å². The van der Waals surface area contributed by atoms with Crippen LogP contribution in [0.25, 0.3) is 0 Å². The molecule has 0 saturated heterocycles. The van der Waals surface area contributed by atoms with Gasteiger partial charge in [-0.3, -0.25) is 0 Å². The van der Waals surface area contributed by atoms with Gasteiger partial charge < -0.3 is 9.29 Å². The largest absolute Gasteiger partial charge is 0.607 e. The van der Waals surface area contributed by atoms with E-state index >= 15 is 0 Å². The van der Waals surface area contributed by atoms with E-state index in [1.54, 1.807) is 0 Å². The predicted octanol–water partition coefficient (Wildman–Crippen LogP) is 5.42. The average molecular weight is 384 g/mol. The van der Waals surface area contributed by atoms with Crippen LogP contribution < -0.4 is 4.74 Å². The van der Waals surface area contributed by atoms with Crippen molar-refractivity contribution in [2.75, 3.05) is 0 Å². The number of hydrogen-bond acceptors (Lipinski definition) is 2. The fourth-order valence-corrected chi connectivity index (χ4v) is 3.79. The van der Waals surface area contributed by atoms with Crippen LogP contribution in [0.2, 0.25) is 0 Å². The molecule has 2 nitrogen and oxygen atoms in total. The summed E-state index contributed by atoms with van der Waals surface area (Å²) in [6.07, 6.45) is -6.45. The Hall–Kier alpha value is -1.94. The van der Waals surface area contributed by atoms with Crippen molar-refractivity contribution in [3.8, 4) is 11.5 Å². The molecular weight excluding hydrogens is 377 g/mol. The Morgan fingerprint density at radius 1 is 1.08 bits per heavy atom. The fraction of sp³-hybridized carbons (Fsp3) is 0.200. The van der Waals surface area contributed by atoms with Gasteiger partial charge in [0.1, 0.15) is 28.7 Å². The zero-order valence-corrected chi connectivity index (χ0v) is 12.7. The smallest absolute Gasteiger partial charge is 0.447 e. The number of halogens is 7. The van der Waals surface area contributed by atoms with E-state index in [4.69, 9.17) is 4.74 Å². The number of rotatable bonds is 3. The number of fused-ring (bicyclic) bond motifs is 1. The molecule has 0 radical (unpaired) electrons. The molecule has 0 saturated carbocycles. The maximum absolute atomic E-state index is 13.7. The van der Waals surface area contributed by atoms with Crippen LogP contribution in [0.5, 0.6) is 11.5 Å². The molecule has 2 unspecified atom stereocenters. The van der Waals surface area contributed by atoms with Crippen molar-refractivity contribution in [2.24, 2.45) is 0 Å². The molecule has 2 atom stereocenters. The Morgan fingerprint density at radius 3 is 2.24 bits per heavy atom. The van der Waals surface area contributed by atoms with Crippen molar-refractivity contribution in [2.45, 2.75) is 22.7 Å². The van der Waals surface area contributed by atoms with Gasteiger partial charge in [-0.05, 0) is 12.1 Å². The summed E-state index contributed by atoms with van der Waals surface area (Å²) in [4.78, 5) is -1.07. The van der Waals surface area contributed by atoms with Crippen LogP contribution in [0, 0.1) is 11.6 Å². The van der Waals surface area contributed by atoms with Crippen LogP contribution in [0.1, 0.15) is 23.7 Å². The second kappa shape index (κ2) is 6.10. The first kappa shape index (κ1) is 17.9. The third kappa shape index (κ3) is 2.93. The lowest BCUT2D eigenvalue weighted by Gasteiger charge is -2.16. The molecular formula is C15H7F7O2S. The Morgan fingerprint density at radius 2 is 1.68 bits per heavy atom. The minimum atomic E-state index is -4.37. The van der Waals surface area contributed by atoms with E-state index in [0.29, 0.717) is 18.2 Å². The van der Waals surface area contributed by atoms with Gasteiger partial charge in [0, 0.05) is 18.2 Å². The summed E-state index contributed by atoms with van der Waals surface area (Å²) in [5.74, 6) is -3.40. The number of alkyl halides is 5. The molecule has 2 aromatic carbocycles.